The number of rotatable bonds is 1. The first-order valence-corrected chi connectivity index (χ1v) is 6.25. The molecule has 2 heterocycles. The van der Waals surface area contributed by atoms with E-state index in [4.69, 9.17) is 5.73 Å². The Morgan fingerprint density at radius 3 is 2.71 bits per heavy atom. The highest BCUT2D eigenvalue weighted by Crippen LogP contribution is 2.38. The zero-order valence-corrected chi connectivity index (χ0v) is 9.80. The van der Waals surface area contributed by atoms with Crippen LogP contribution in [0.1, 0.15) is 29.6 Å². The molecule has 0 aromatic carbocycles. The maximum Gasteiger partial charge on any atom is 0.257 e. The summed E-state index contributed by atoms with van der Waals surface area (Å²) < 4.78 is 0. The van der Waals surface area contributed by atoms with Crippen molar-refractivity contribution in [3.05, 3.63) is 23.9 Å². The molecule has 3 rings (SSSR count). The molecule has 17 heavy (non-hydrogen) atoms. The van der Waals surface area contributed by atoms with Crippen LogP contribution in [0.5, 0.6) is 0 Å². The van der Waals surface area contributed by atoms with E-state index in [1.54, 1.807) is 18.3 Å². The van der Waals surface area contributed by atoms with Gasteiger partial charge >= 0.3 is 0 Å². The minimum absolute atomic E-state index is 0.0463. The van der Waals surface area contributed by atoms with Crippen molar-refractivity contribution in [1.29, 1.82) is 0 Å². The molecule has 2 aliphatic rings. The minimum atomic E-state index is 0.0463. The Morgan fingerprint density at radius 2 is 2.06 bits per heavy atom. The third kappa shape index (κ3) is 1.77. The number of aromatic nitrogens is 1. The predicted octanol–water partition coefficient (Wildman–Crippen LogP) is 1.54. The maximum absolute atomic E-state index is 12.3. The van der Waals surface area contributed by atoms with E-state index >= 15 is 0 Å². The first-order valence-electron chi connectivity index (χ1n) is 6.25. The number of carbonyl (C=O) groups is 1. The van der Waals surface area contributed by atoms with Crippen molar-refractivity contribution in [2.24, 2.45) is 11.8 Å². The molecule has 4 nitrogen and oxygen atoms in total. The number of hydrogen-bond donors (Lipinski definition) is 1. The van der Waals surface area contributed by atoms with Gasteiger partial charge in [0.25, 0.3) is 5.91 Å². The van der Waals surface area contributed by atoms with Gasteiger partial charge in [-0.15, -0.1) is 0 Å². The van der Waals surface area contributed by atoms with Gasteiger partial charge in [0.15, 0.2) is 0 Å². The van der Waals surface area contributed by atoms with Crippen LogP contribution in [-0.2, 0) is 0 Å². The Hall–Kier alpha value is -1.58. The molecule has 2 N–H and O–H groups in total. The fourth-order valence-electron chi connectivity index (χ4n) is 3.17. The Kier molecular flexibility index (Phi) is 2.50. The van der Waals surface area contributed by atoms with Gasteiger partial charge in [0.2, 0.25) is 0 Å². The first kappa shape index (κ1) is 10.6. The molecule has 2 unspecified atom stereocenters. The van der Waals surface area contributed by atoms with Crippen LogP contribution < -0.4 is 5.73 Å². The van der Waals surface area contributed by atoms with Crippen molar-refractivity contribution < 1.29 is 4.79 Å². The van der Waals surface area contributed by atoms with E-state index in [2.05, 4.69) is 4.98 Å². The Labute approximate surface area is 101 Å². The second-order valence-corrected chi connectivity index (χ2v) is 5.10. The topological polar surface area (TPSA) is 59.2 Å². The van der Waals surface area contributed by atoms with Gasteiger partial charge in [-0.2, -0.15) is 0 Å². The third-order valence-corrected chi connectivity index (χ3v) is 4.08. The van der Waals surface area contributed by atoms with E-state index in [0.29, 0.717) is 11.4 Å². The van der Waals surface area contributed by atoms with Crippen molar-refractivity contribution in [3.63, 3.8) is 0 Å². The summed E-state index contributed by atoms with van der Waals surface area (Å²) >= 11 is 0. The average molecular weight is 231 g/mol. The quantitative estimate of drug-likeness (QED) is 0.797. The molecule has 0 bridgehead atoms. The number of carbonyl (C=O) groups excluding carboxylic acids is 1. The SMILES string of the molecule is Nc1ncccc1C(=O)N1CC2CCCC2C1. The lowest BCUT2D eigenvalue weighted by Crippen LogP contribution is -2.30. The summed E-state index contributed by atoms with van der Waals surface area (Å²) in [5.41, 5.74) is 6.29. The summed E-state index contributed by atoms with van der Waals surface area (Å²) in [4.78, 5) is 18.2. The highest BCUT2D eigenvalue weighted by molar-refractivity contribution is 5.98. The number of anilines is 1. The van der Waals surface area contributed by atoms with Gasteiger partial charge in [-0.25, -0.2) is 4.98 Å². The van der Waals surface area contributed by atoms with E-state index in [9.17, 15) is 4.79 Å². The molecule has 1 aromatic heterocycles. The molecule has 1 aliphatic heterocycles. The van der Waals surface area contributed by atoms with Crippen LogP contribution in [0.2, 0.25) is 0 Å². The van der Waals surface area contributed by atoms with Crippen molar-refractivity contribution in [1.82, 2.24) is 9.88 Å². The van der Waals surface area contributed by atoms with Crippen LogP contribution >= 0.6 is 0 Å². The number of pyridine rings is 1. The number of nitrogen functional groups attached to an aromatic ring is 1. The molecule has 2 fully saturated rings. The van der Waals surface area contributed by atoms with Gasteiger partial charge in [0.1, 0.15) is 5.82 Å². The van der Waals surface area contributed by atoms with Crippen LogP contribution in [0.15, 0.2) is 18.3 Å². The zero-order chi connectivity index (χ0) is 11.8. The summed E-state index contributed by atoms with van der Waals surface area (Å²) in [6.45, 7) is 1.80. The Balaban J connectivity index is 1.78. The van der Waals surface area contributed by atoms with Gasteiger partial charge in [0.05, 0.1) is 5.56 Å². The molecule has 1 aromatic rings. The lowest BCUT2D eigenvalue weighted by Gasteiger charge is -2.17. The average Bonchev–Trinajstić information content (AvgIpc) is 2.88. The van der Waals surface area contributed by atoms with Gasteiger partial charge in [0, 0.05) is 19.3 Å². The summed E-state index contributed by atoms with van der Waals surface area (Å²) in [6, 6.07) is 3.53. The lowest BCUT2D eigenvalue weighted by atomic mass is 10.0. The van der Waals surface area contributed by atoms with E-state index in [1.807, 2.05) is 4.90 Å². The predicted molar refractivity (Wildman–Crippen MR) is 65.4 cm³/mol. The first-order chi connectivity index (χ1) is 8.25. The van der Waals surface area contributed by atoms with Crippen LogP contribution in [-0.4, -0.2) is 28.9 Å². The number of hydrogen-bond acceptors (Lipinski definition) is 3. The number of nitrogens with zero attached hydrogens (tertiary/aromatic N) is 2. The number of amides is 1. The van der Waals surface area contributed by atoms with Crippen LogP contribution in [0, 0.1) is 11.8 Å². The number of likely N-dealkylation sites (tertiary alicyclic amines) is 1. The molecular formula is C13H17N3O. The highest BCUT2D eigenvalue weighted by atomic mass is 16.2. The van der Waals surface area contributed by atoms with Gasteiger partial charge in [-0.1, -0.05) is 6.42 Å². The molecule has 1 amide bonds. The fraction of sp³-hybridized carbons (Fsp3) is 0.538. The minimum Gasteiger partial charge on any atom is -0.383 e. The van der Waals surface area contributed by atoms with Gasteiger partial charge in [-0.05, 0) is 36.8 Å². The number of nitrogens with two attached hydrogens (primary N) is 1. The molecule has 1 aliphatic carbocycles. The molecule has 90 valence electrons. The van der Waals surface area contributed by atoms with E-state index in [-0.39, 0.29) is 5.91 Å². The normalized spacial score (nSPS) is 27.2. The lowest BCUT2D eigenvalue weighted by molar-refractivity contribution is 0.0781. The molecule has 4 heteroatoms. The highest BCUT2D eigenvalue weighted by Gasteiger charge is 2.38. The second kappa shape index (κ2) is 4.02. The van der Waals surface area contributed by atoms with Gasteiger partial charge in [-0.3, -0.25) is 4.79 Å². The zero-order valence-electron chi connectivity index (χ0n) is 9.80. The van der Waals surface area contributed by atoms with E-state index in [1.165, 1.54) is 19.3 Å². The van der Waals surface area contributed by atoms with E-state index in [0.717, 1.165) is 24.9 Å². The van der Waals surface area contributed by atoms with Crippen LogP contribution in [0.4, 0.5) is 5.82 Å². The summed E-state index contributed by atoms with van der Waals surface area (Å²) in [5, 5.41) is 0. The summed E-state index contributed by atoms with van der Waals surface area (Å²) in [6.07, 6.45) is 5.49. The third-order valence-electron chi connectivity index (χ3n) is 4.08. The van der Waals surface area contributed by atoms with Gasteiger partial charge < -0.3 is 10.6 Å². The van der Waals surface area contributed by atoms with E-state index < -0.39 is 0 Å². The van der Waals surface area contributed by atoms with Crippen molar-refractivity contribution in [3.8, 4) is 0 Å². The molecule has 1 saturated heterocycles. The second-order valence-electron chi connectivity index (χ2n) is 5.10. The Bertz CT molecular complexity index is 434. The monoisotopic (exact) mass is 231 g/mol. The fourth-order valence-corrected chi connectivity index (χ4v) is 3.17. The number of fused-ring (bicyclic) bond motifs is 1. The van der Waals surface area contributed by atoms with Crippen molar-refractivity contribution in [2.75, 3.05) is 18.8 Å². The largest absolute Gasteiger partial charge is 0.383 e. The summed E-state index contributed by atoms with van der Waals surface area (Å²) in [7, 11) is 0. The molecular weight excluding hydrogens is 214 g/mol. The standard InChI is InChI=1S/C13H17N3O/c14-12-11(5-2-6-15-12)13(17)16-7-9-3-1-4-10(9)8-16/h2,5-6,9-10H,1,3-4,7-8H2,(H2,14,15). The molecule has 0 radical (unpaired) electrons. The molecule has 2 atom stereocenters. The maximum atomic E-state index is 12.3. The van der Waals surface area contributed by atoms with Crippen LogP contribution in [0.3, 0.4) is 0 Å². The molecule has 0 spiro atoms. The Morgan fingerprint density at radius 1 is 1.35 bits per heavy atom. The molecule has 1 saturated carbocycles. The van der Waals surface area contributed by atoms with Crippen molar-refractivity contribution >= 4 is 11.7 Å². The summed E-state index contributed by atoms with van der Waals surface area (Å²) in [5.74, 6) is 1.83. The van der Waals surface area contributed by atoms with Crippen molar-refractivity contribution in [2.45, 2.75) is 19.3 Å². The van der Waals surface area contributed by atoms with Crippen LogP contribution in [0.25, 0.3) is 0 Å². The smallest absolute Gasteiger partial charge is 0.257 e.